The first-order valence-electron chi connectivity index (χ1n) is 13.0. The lowest BCUT2D eigenvalue weighted by Gasteiger charge is -2.31. The maximum Gasteiger partial charge on any atom is 0.158 e. The van der Waals surface area contributed by atoms with E-state index in [1.54, 1.807) is 0 Å². The second-order valence-electron chi connectivity index (χ2n) is 10.5. The summed E-state index contributed by atoms with van der Waals surface area (Å²) in [5.41, 5.74) is 0. The minimum Gasteiger partial charge on any atom is -0.353 e. The molecule has 0 spiro atoms. The van der Waals surface area contributed by atoms with Crippen LogP contribution in [-0.4, -0.2) is 43.8 Å². The summed E-state index contributed by atoms with van der Waals surface area (Å²) in [6.07, 6.45) is 19.0. The van der Waals surface area contributed by atoms with Crippen molar-refractivity contribution in [3.05, 3.63) is 12.2 Å². The number of ether oxygens (including phenoxy) is 4. The van der Waals surface area contributed by atoms with Gasteiger partial charge in [0, 0.05) is 32.0 Å². The van der Waals surface area contributed by atoms with Crippen molar-refractivity contribution < 1.29 is 23.7 Å². The van der Waals surface area contributed by atoms with Gasteiger partial charge in [-0.15, -0.1) is 0 Å². The van der Waals surface area contributed by atoms with Gasteiger partial charge in [-0.05, 0) is 75.5 Å². The molecule has 5 nitrogen and oxygen atoms in total. The quantitative estimate of drug-likeness (QED) is 0.520. The molecule has 5 rings (SSSR count). The summed E-state index contributed by atoms with van der Waals surface area (Å²) in [7, 11) is 0. The van der Waals surface area contributed by atoms with E-state index in [9.17, 15) is 4.79 Å². The molecule has 5 aliphatic rings. The van der Waals surface area contributed by atoms with Crippen molar-refractivity contribution in [3.63, 3.8) is 0 Å². The molecule has 2 saturated heterocycles. The molecule has 2 aliphatic heterocycles. The Morgan fingerprint density at radius 3 is 2.29 bits per heavy atom. The van der Waals surface area contributed by atoms with Crippen molar-refractivity contribution in [1.82, 2.24) is 0 Å². The zero-order valence-electron chi connectivity index (χ0n) is 18.9. The third-order valence-corrected chi connectivity index (χ3v) is 8.32. The van der Waals surface area contributed by atoms with Crippen LogP contribution in [0.25, 0.3) is 0 Å². The fourth-order valence-corrected chi connectivity index (χ4v) is 6.65. The molecule has 0 aromatic heterocycles. The Bertz CT molecular complexity index is 615. The Hall–Kier alpha value is -0.750. The first kappa shape index (κ1) is 22.1. The fourth-order valence-electron chi connectivity index (χ4n) is 6.65. The number of carbonyl (C=O) groups is 1. The predicted octanol–water partition coefficient (Wildman–Crippen LogP) is 5.17. The van der Waals surface area contributed by atoms with Gasteiger partial charge in [0.15, 0.2) is 12.6 Å². The Labute approximate surface area is 187 Å². The Balaban J connectivity index is 1.29. The molecule has 0 bridgehead atoms. The number of carbonyl (C=O) groups excluding carboxylic acids is 1. The highest BCUT2D eigenvalue weighted by atomic mass is 16.7. The number of rotatable bonds is 7. The maximum absolute atomic E-state index is 12.2. The average molecular weight is 433 g/mol. The van der Waals surface area contributed by atoms with E-state index in [4.69, 9.17) is 18.9 Å². The van der Waals surface area contributed by atoms with E-state index in [0.29, 0.717) is 35.9 Å². The molecule has 31 heavy (non-hydrogen) atoms. The molecule has 0 aromatic carbocycles. The highest BCUT2D eigenvalue weighted by Crippen LogP contribution is 2.49. The van der Waals surface area contributed by atoms with Crippen molar-refractivity contribution in [2.45, 2.75) is 108 Å². The lowest BCUT2D eigenvalue weighted by atomic mass is 9.89. The van der Waals surface area contributed by atoms with Crippen LogP contribution in [0.2, 0.25) is 0 Å². The van der Waals surface area contributed by atoms with Crippen LogP contribution in [0.1, 0.15) is 83.5 Å². The zero-order valence-corrected chi connectivity index (χ0v) is 18.9. The van der Waals surface area contributed by atoms with Crippen molar-refractivity contribution >= 4 is 5.78 Å². The molecule has 3 saturated carbocycles. The SMILES string of the molecule is O=C1C[C@H]2C[C@@H](OC3CCCCO3)[C@H](/C=C/[C@@H](OC3CCCCO3)C3CCCC3)[C@H]2C1. The van der Waals surface area contributed by atoms with Gasteiger partial charge in [0.1, 0.15) is 5.78 Å². The number of hydrogen-bond acceptors (Lipinski definition) is 5. The molecule has 0 radical (unpaired) electrons. The highest BCUT2D eigenvalue weighted by Gasteiger charge is 2.48. The van der Waals surface area contributed by atoms with E-state index in [0.717, 1.165) is 51.7 Å². The van der Waals surface area contributed by atoms with Gasteiger partial charge in [-0.3, -0.25) is 4.79 Å². The highest BCUT2D eigenvalue weighted by molar-refractivity contribution is 5.81. The minimum absolute atomic E-state index is 0.0592. The summed E-state index contributed by atoms with van der Waals surface area (Å²) in [5.74, 6) is 2.21. The molecule has 0 aromatic rings. The topological polar surface area (TPSA) is 54.0 Å². The standard InChI is InChI=1S/C26H40O5/c27-20-15-19-16-24(31-26-10-4-6-14-29-26)21(22(19)17-20)11-12-23(18-7-1-2-8-18)30-25-9-3-5-13-28-25/h11-12,18-19,21-26H,1-10,13-17H2/b12-11+/t19-,21+,22-,23+,24+,25?,26?/m0/s1. The predicted molar refractivity (Wildman–Crippen MR) is 117 cm³/mol. The van der Waals surface area contributed by atoms with Crippen molar-refractivity contribution in [3.8, 4) is 0 Å². The third kappa shape index (κ3) is 5.43. The Kier molecular flexibility index (Phi) is 7.44. The zero-order chi connectivity index (χ0) is 21.0. The van der Waals surface area contributed by atoms with Crippen LogP contribution >= 0.6 is 0 Å². The molecular weight excluding hydrogens is 392 g/mol. The monoisotopic (exact) mass is 432 g/mol. The van der Waals surface area contributed by atoms with Gasteiger partial charge in [0.2, 0.25) is 0 Å². The summed E-state index contributed by atoms with van der Waals surface area (Å²) < 4.78 is 24.8. The first-order valence-corrected chi connectivity index (χ1v) is 13.0. The van der Waals surface area contributed by atoms with E-state index in [1.807, 2.05) is 0 Å². The molecular formula is C26H40O5. The Morgan fingerprint density at radius 2 is 1.58 bits per heavy atom. The lowest BCUT2D eigenvalue weighted by molar-refractivity contribution is -0.193. The van der Waals surface area contributed by atoms with Gasteiger partial charge in [-0.25, -0.2) is 0 Å². The van der Waals surface area contributed by atoms with Crippen molar-refractivity contribution in [2.75, 3.05) is 13.2 Å². The van der Waals surface area contributed by atoms with Gasteiger partial charge in [-0.1, -0.05) is 25.0 Å². The van der Waals surface area contributed by atoms with E-state index in [-0.39, 0.29) is 24.8 Å². The number of ketones is 1. The molecule has 174 valence electrons. The van der Waals surface area contributed by atoms with Crippen LogP contribution in [0.5, 0.6) is 0 Å². The summed E-state index contributed by atoms with van der Waals surface area (Å²) >= 11 is 0. The van der Waals surface area contributed by atoms with Crippen LogP contribution in [0.4, 0.5) is 0 Å². The third-order valence-electron chi connectivity index (χ3n) is 8.32. The normalized spacial score (nSPS) is 40.6. The van der Waals surface area contributed by atoms with Crippen LogP contribution in [0, 0.1) is 23.7 Å². The van der Waals surface area contributed by atoms with Gasteiger partial charge < -0.3 is 18.9 Å². The number of Topliss-reactive ketones (excluding diaryl/α,β-unsaturated/α-hetero) is 1. The van der Waals surface area contributed by atoms with E-state index in [1.165, 1.54) is 38.5 Å². The minimum atomic E-state index is -0.0679. The molecule has 5 heteroatoms. The van der Waals surface area contributed by atoms with E-state index >= 15 is 0 Å². The average Bonchev–Trinajstić information content (AvgIpc) is 3.50. The van der Waals surface area contributed by atoms with E-state index < -0.39 is 0 Å². The van der Waals surface area contributed by atoms with Gasteiger partial charge >= 0.3 is 0 Å². The van der Waals surface area contributed by atoms with Crippen LogP contribution in [0.15, 0.2) is 12.2 Å². The number of fused-ring (bicyclic) bond motifs is 1. The van der Waals surface area contributed by atoms with E-state index in [2.05, 4.69) is 12.2 Å². The summed E-state index contributed by atoms with van der Waals surface area (Å²) in [4.78, 5) is 12.2. The van der Waals surface area contributed by atoms with Crippen molar-refractivity contribution in [2.24, 2.45) is 23.7 Å². The largest absolute Gasteiger partial charge is 0.353 e. The second kappa shape index (κ2) is 10.5. The first-order chi connectivity index (χ1) is 15.3. The van der Waals surface area contributed by atoms with Crippen LogP contribution in [0.3, 0.4) is 0 Å². The second-order valence-corrected chi connectivity index (χ2v) is 10.5. The summed E-state index contributed by atoms with van der Waals surface area (Å²) in [6.45, 7) is 1.62. The van der Waals surface area contributed by atoms with Gasteiger partial charge in [0.25, 0.3) is 0 Å². The maximum atomic E-state index is 12.2. The molecule has 0 amide bonds. The van der Waals surface area contributed by atoms with Crippen LogP contribution in [-0.2, 0) is 23.7 Å². The molecule has 2 heterocycles. The molecule has 0 N–H and O–H groups in total. The van der Waals surface area contributed by atoms with Gasteiger partial charge in [0.05, 0.1) is 12.2 Å². The summed E-state index contributed by atoms with van der Waals surface area (Å²) in [6, 6.07) is 0. The van der Waals surface area contributed by atoms with Crippen molar-refractivity contribution in [1.29, 1.82) is 0 Å². The summed E-state index contributed by atoms with van der Waals surface area (Å²) in [5, 5.41) is 0. The number of hydrogen-bond donors (Lipinski definition) is 0. The molecule has 5 fully saturated rings. The van der Waals surface area contributed by atoms with Crippen LogP contribution < -0.4 is 0 Å². The molecule has 2 unspecified atom stereocenters. The molecule has 3 aliphatic carbocycles. The fraction of sp³-hybridized carbons (Fsp3) is 0.885. The van der Waals surface area contributed by atoms with Gasteiger partial charge in [-0.2, -0.15) is 0 Å². The lowest BCUT2D eigenvalue weighted by Crippen LogP contribution is -2.32. The Morgan fingerprint density at radius 1 is 0.871 bits per heavy atom. The molecule has 7 atom stereocenters. The smallest absolute Gasteiger partial charge is 0.158 e.